The number of ether oxygens (including phenoxy) is 1. The number of halogens is 1. The van der Waals surface area contributed by atoms with Crippen LogP contribution < -0.4 is 19.7 Å². The molecule has 0 saturated carbocycles. The van der Waals surface area contributed by atoms with E-state index in [1.165, 1.54) is 15.5 Å². The van der Waals surface area contributed by atoms with Crippen molar-refractivity contribution >= 4 is 33.5 Å². The van der Waals surface area contributed by atoms with Gasteiger partial charge in [0.1, 0.15) is 22.7 Å². The quantitative estimate of drug-likeness (QED) is 0.323. The van der Waals surface area contributed by atoms with Crippen molar-refractivity contribution in [3.8, 4) is 17.1 Å². The first-order chi connectivity index (χ1) is 18.0. The van der Waals surface area contributed by atoms with Crippen molar-refractivity contribution in [3.63, 3.8) is 0 Å². The van der Waals surface area contributed by atoms with Crippen molar-refractivity contribution in [2.75, 3.05) is 11.5 Å². The third kappa shape index (κ3) is 3.89. The molecule has 3 aromatic carbocycles. The van der Waals surface area contributed by atoms with Gasteiger partial charge in [0.25, 0.3) is 11.5 Å². The van der Waals surface area contributed by atoms with Crippen LogP contribution in [-0.4, -0.2) is 27.1 Å². The Balaban J connectivity index is 1.42. The number of anilines is 1. The maximum atomic E-state index is 14.4. The van der Waals surface area contributed by atoms with Gasteiger partial charge in [-0.05, 0) is 36.4 Å². The van der Waals surface area contributed by atoms with Crippen molar-refractivity contribution < 1.29 is 13.9 Å². The third-order valence-corrected chi connectivity index (χ3v) is 7.10. The van der Waals surface area contributed by atoms with Gasteiger partial charge in [-0.25, -0.2) is 4.39 Å². The third-order valence-electron chi connectivity index (χ3n) is 6.07. The fourth-order valence-electron chi connectivity index (χ4n) is 4.32. The number of rotatable bonds is 6. The summed E-state index contributed by atoms with van der Waals surface area (Å²) in [5.74, 6) is 0.333. The molecule has 1 aliphatic rings. The lowest BCUT2D eigenvalue weighted by atomic mass is 10.1. The summed E-state index contributed by atoms with van der Waals surface area (Å²) >= 11 is 1.11. The van der Waals surface area contributed by atoms with Gasteiger partial charge in [0.2, 0.25) is 4.96 Å². The van der Waals surface area contributed by atoms with Gasteiger partial charge in [-0.2, -0.15) is 9.50 Å². The lowest BCUT2D eigenvalue weighted by Gasteiger charge is -2.17. The van der Waals surface area contributed by atoms with E-state index in [-0.39, 0.29) is 22.6 Å². The zero-order valence-corrected chi connectivity index (χ0v) is 20.2. The Morgan fingerprint density at radius 3 is 2.51 bits per heavy atom. The van der Waals surface area contributed by atoms with Gasteiger partial charge in [0.05, 0.1) is 17.8 Å². The molecule has 0 bridgehead atoms. The molecule has 0 N–H and O–H groups in total. The zero-order valence-electron chi connectivity index (χ0n) is 19.4. The van der Waals surface area contributed by atoms with E-state index in [4.69, 9.17) is 4.74 Å². The van der Waals surface area contributed by atoms with Crippen LogP contribution in [0.15, 0.2) is 90.2 Å². The second-order valence-electron chi connectivity index (χ2n) is 8.37. The van der Waals surface area contributed by atoms with E-state index in [1.54, 1.807) is 54.6 Å². The maximum Gasteiger partial charge on any atom is 0.291 e. The largest absolute Gasteiger partial charge is 0.490 e. The van der Waals surface area contributed by atoms with E-state index in [2.05, 4.69) is 16.7 Å². The first-order valence-corrected chi connectivity index (χ1v) is 12.3. The van der Waals surface area contributed by atoms with Crippen LogP contribution in [-0.2, 0) is 11.3 Å². The van der Waals surface area contributed by atoms with Crippen molar-refractivity contribution in [2.45, 2.75) is 6.54 Å². The van der Waals surface area contributed by atoms with Gasteiger partial charge in [-0.3, -0.25) is 9.59 Å². The highest BCUT2D eigenvalue weighted by atomic mass is 32.1. The highest BCUT2D eigenvalue weighted by Crippen LogP contribution is 2.36. The van der Waals surface area contributed by atoms with Gasteiger partial charge in [-0.1, -0.05) is 60.4 Å². The smallest absolute Gasteiger partial charge is 0.291 e. The summed E-state index contributed by atoms with van der Waals surface area (Å²) in [6.45, 7) is 4.08. The minimum atomic E-state index is -0.421. The summed E-state index contributed by atoms with van der Waals surface area (Å²) in [5, 5.41) is 4.40. The Hall–Kier alpha value is -4.63. The standard InChI is InChI=1S/C28H19FN4O3S/c1-2-15-36-19-13-11-17(12-14-19)25-30-28-33(31-25)27(35)24(37-28)23-20-8-4-6-10-22(20)32(26(23)34)16-18-7-3-5-9-21(18)29/h2-14H,1,15-16H2. The van der Waals surface area contributed by atoms with Gasteiger partial charge in [-0.15, -0.1) is 5.10 Å². The Morgan fingerprint density at radius 1 is 1.00 bits per heavy atom. The van der Waals surface area contributed by atoms with E-state index < -0.39 is 11.4 Å². The fourth-order valence-corrected chi connectivity index (χ4v) is 5.31. The lowest BCUT2D eigenvalue weighted by molar-refractivity contribution is -0.113. The molecule has 0 unspecified atom stereocenters. The van der Waals surface area contributed by atoms with Crippen LogP contribution in [0.3, 0.4) is 0 Å². The predicted molar refractivity (Wildman–Crippen MR) is 140 cm³/mol. The molecule has 0 radical (unpaired) electrons. The average Bonchev–Trinajstić information content (AvgIpc) is 3.55. The Morgan fingerprint density at radius 2 is 1.76 bits per heavy atom. The molecule has 37 heavy (non-hydrogen) atoms. The van der Waals surface area contributed by atoms with Crippen molar-refractivity contribution in [1.82, 2.24) is 14.6 Å². The number of thiazole rings is 1. The topological polar surface area (TPSA) is 76.8 Å². The van der Waals surface area contributed by atoms with Crippen LogP contribution in [0.1, 0.15) is 11.1 Å². The minimum Gasteiger partial charge on any atom is -0.490 e. The summed E-state index contributed by atoms with van der Waals surface area (Å²) < 4.78 is 21.3. The summed E-state index contributed by atoms with van der Waals surface area (Å²) in [6.07, 6.45) is 1.66. The van der Waals surface area contributed by atoms with E-state index in [0.29, 0.717) is 40.0 Å². The van der Waals surface area contributed by atoms with Crippen LogP contribution >= 0.6 is 11.3 Å². The minimum absolute atomic E-state index is 0.0532. The molecule has 0 aliphatic carbocycles. The molecule has 182 valence electrons. The fraction of sp³-hybridized carbons (Fsp3) is 0.0714. The first-order valence-electron chi connectivity index (χ1n) is 11.5. The molecule has 3 heterocycles. The average molecular weight is 511 g/mol. The van der Waals surface area contributed by atoms with E-state index in [0.717, 1.165) is 16.9 Å². The predicted octanol–water partition coefficient (Wildman–Crippen LogP) is 3.99. The molecule has 5 aromatic rings. The molecular weight excluding hydrogens is 491 g/mol. The number of aromatic nitrogens is 3. The molecule has 1 aliphatic heterocycles. The molecule has 0 atom stereocenters. The van der Waals surface area contributed by atoms with Crippen LogP contribution in [0, 0.1) is 5.82 Å². The summed E-state index contributed by atoms with van der Waals surface area (Å²) in [6, 6.07) is 20.8. The normalized spacial score (nSPS) is 14.3. The molecule has 7 nitrogen and oxygen atoms in total. The number of amides is 1. The summed E-state index contributed by atoms with van der Waals surface area (Å²) in [5.41, 5.74) is 2.23. The van der Waals surface area contributed by atoms with E-state index in [1.807, 2.05) is 18.2 Å². The second kappa shape index (κ2) is 9.11. The summed E-state index contributed by atoms with van der Waals surface area (Å²) in [4.78, 5) is 33.4. The number of hydrogen-bond donors (Lipinski definition) is 0. The molecule has 0 fully saturated rings. The van der Waals surface area contributed by atoms with Gasteiger partial charge >= 0.3 is 0 Å². The molecule has 2 aromatic heterocycles. The number of benzene rings is 3. The number of fused-ring (bicyclic) bond motifs is 2. The Bertz CT molecular complexity index is 1790. The molecule has 0 saturated heterocycles. The van der Waals surface area contributed by atoms with Gasteiger partial charge < -0.3 is 9.64 Å². The summed E-state index contributed by atoms with van der Waals surface area (Å²) in [7, 11) is 0. The monoisotopic (exact) mass is 510 g/mol. The van der Waals surface area contributed by atoms with Crippen molar-refractivity contribution in [3.05, 3.63) is 117 Å². The molecular formula is C28H19FN4O3S. The first kappa shape index (κ1) is 22.8. The molecule has 0 spiro atoms. The number of carbonyl (C=O) groups excluding carboxylic acids is 1. The van der Waals surface area contributed by atoms with Crippen LogP contribution in [0.25, 0.3) is 21.9 Å². The number of hydrogen-bond acceptors (Lipinski definition) is 6. The number of carbonyl (C=O) groups is 1. The highest BCUT2D eigenvalue weighted by molar-refractivity contribution is 7.15. The highest BCUT2D eigenvalue weighted by Gasteiger charge is 2.34. The van der Waals surface area contributed by atoms with Crippen molar-refractivity contribution in [1.29, 1.82) is 0 Å². The molecule has 6 rings (SSSR count). The number of para-hydroxylation sites is 1. The van der Waals surface area contributed by atoms with Crippen LogP contribution in [0.4, 0.5) is 10.1 Å². The number of nitrogens with zero attached hydrogens (tertiary/aromatic N) is 4. The van der Waals surface area contributed by atoms with Crippen LogP contribution in [0.5, 0.6) is 5.75 Å². The maximum absolute atomic E-state index is 14.4. The zero-order chi connectivity index (χ0) is 25.5. The van der Waals surface area contributed by atoms with Crippen LogP contribution in [0.2, 0.25) is 0 Å². The molecule has 1 amide bonds. The SMILES string of the molecule is C=CCOc1ccc(-c2nc3sc(=C4C(=O)N(Cc5ccccc5F)c5ccccc54)c(=O)n3n2)cc1. The van der Waals surface area contributed by atoms with E-state index in [9.17, 15) is 14.0 Å². The molecule has 9 heteroatoms. The Labute approximate surface area is 214 Å². The van der Waals surface area contributed by atoms with E-state index >= 15 is 0 Å². The van der Waals surface area contributed by atoms with Crippen molar-refractivity contribution in [2.24, 2.45) is 0 Å². The lowest BCUT2D eigenvalue weighted by Crippen LogP contribution is -2.32. The second-order valence-corrected chi connectivity index (χ2v) is 9.34. The van der Waals surface area contributed by atoms with Gasteiger partial charge in [0, 0.05) is 16.7 Å². The van der Waals surface area contributed by atoms with Gasteiger partial charge in [0.15, 0.2) is 5.82 Å². The Kier molecular flexibility index (Phi) is 5.61.